The summed E-state index contributed by atoms with van der Waals surface area (Å²) in [6.45, 7) is 8.10. The van der Waals surface area contributed by atoms with E-state index >= 15 is 0 Å². The van der Waals surface area contributed by atoms with Gasteiger partial charge >= 0.3 is 0 Å². The second-order valence-electron chi connectivity index (χ2n) is 7.47. The fourth-order valence-corrected chi connectivity index (χ4v) is 2.36. The van der Waals surface area contributed by atoms with Gasteiger partial charge in [0, 0.05) is 17.8 Å². The van der Waals surface area contributed by atoms with E-state index < -0.39 is 6.04 Å². The number of anilines is 1. The number of ether oxygens (including phenoxy) is 1. The molecule has 2 unspecified atom stereocenters. The molecule has 0 radical (unpaired) electrons. The standard InChI is InChI=1S/C20H31N3O3/c1-6-17(21)19(25)23-15(13-20(2,3)4)9-12-18(24)22-14-7-10-16(26-5)11-8-14/h7-12,15,17H,6,13,21H2,1-5H3,(H,22,24)(H,23,25). The van der Waals surface area contributed by atoms with Crippen LogP contribution in [0.2, 0.25) is 0 Å². The first-order chi connectivity index (χ1) is 12.1. The molecule has 6 nitrogen and oxygen atoms in total. The first-order valence-corrected chi connectivity index (χ1v) is 8.84. The van der Waals surface area contributed by atoms with E-state index in [0.29, 0.717) is 18.5 Å². The molecule has 0 fully saturated rings. The lowest BCUT2D eigenvalue weighted by molar-refractivity contribution is -0.123. The van der Waals surface area contributed by atoms with Crippen LogP contribution in [0.1, 0.15) is 40.5 Å². The molecule has 0 aliphatic rings. The lowest BCUT2D eigenvalue weighted by Gasteiger charge is -2.25. The molecule has 2 amide bonds. The van der Waals surface area contributed by atoms with Crippen LogP contribution >= 0.6 is 0 Å². The topological polar surface area (TPSA) is 93.5 Å². The molecule has 0 saturated carbocycles. The average Bonchev–Trinajstić information content (AvgIpc) is 2.58. The number of carbonyl (C=O) groups excluding carboxylic acids is 2. The van der Waals surface area contributed by atoms with Crippen molar-refractivity contribution in [2.24, 2.45) is 11.1 Å². The van der Waals surface area contributed by atoms with Crippen molar-refractivity contribution >= 4 is 17.5 Å². The summed E-state index contributed by atoms with van der Waals surface area (Å²) in [7, 11) is 1.59. The van der Waals surface area contributed by atoms with Crippen molar-refractivity contribution in [3.63, 3.8) is 0 Å². The second kappa shape index (κ2) is 9.97. The minimum atomic E-state index is -0.543. The molecule has 0 aromatic heterocycles. The van der Waals surface area contributed by atoms with Crippen LogP contribution < -0.4 is 21.1 Å². The molecule has 0 aliphatic heterocycles. The summed E-state index contributed by atoms with van der Waals surface area (Å²) in [5.74, 6) is 0.254. The highest BCUT2D eigenvalue weighted by atomic mass is 16.5. The van der Waals surface area contributed by atoms with E-state index in [1.165, 1.54) is 6.08 Å². The second-order valence-corrected chi connectivity index (χ2v) is 7.47. The molecule has 26 heavy (non-hydrogen) atoms. The predicted octanol–water partition coefficient (Wildman–Crippen LogP) is 2.85. The van der Waals surface area contributed by atoms with Crippen molar-refractivity contribution in [3.05, 3.63) is 36.4 Å². The summed E-state index contributed by atoms with van der Waals surface area (Å²) in [5, 5.41) is 5.69. The molecule has 0 heterocycles. The number of carbonyl (C=O) groups is 2. The van der Waals surface area contributed by atoms with Crippen LogP contribution in [0.5, 0.6) is 5.75 Å². The molecule has 0 bridgehead atoms. The van der Waals surface area contributed by atoms with E-state index in [4.69, 9.17) is 10.5 Å². The van der Waals surface area contributed by atoms with Gasteiger partial charge in [0.15, 0.2) is 0 Å². The third-order valence-corrected chi connectivity index (χ3v) is 3.77. The van der Waals surface area contributed by atoms with Crippen molar-refractivity contribution in [2.75, 3.05) is 12.4 Å². The summed E-state index contributed by atoms with van der Waals surface area (Å²) < 4.78 is 5.09. The number of hydrogen-bond acceptors (Lipinski definition) is 4. The summed E-state index contributed by atoms with van der Waals surface area (Å²) in [5.41, 5.74) is 6.45. The molecule has 144 valence electrons. The Bertz CT molecular complexity index is 618. The van der Waals surface area contributed by atoms with Crippen LogP contribution in [-0.2, 0) is 9.59 Å². The molecular weight excluding hydrogens is 330 g/mol. The Kier molecular flexibility index (Phi) is 8.32. The zero-order valence-corrected chi connectivity index (χ0v) is 16.3. The van der Waals surface area contributed by atoms with Crippen LogP contribution in [-0.4, -0.2) is 31.0 Å². The van der Waals surface area contributed by atoms with E-state index in [1.54, 1.807) is 37.5 Å². The van der Waals surface area contributed by atoms with Crippen LogP contribution in [0.15, 0.2) is 36.4 Å². The maximum Gasteiger partial charge on any atom is 0.248 e. The van der Waals surface area contributed by atoms with Crippen LogP contribution in [0.3, 0.4) is 0 Å². The maximum absolute atomic E-state index is 12.1. The lowest BCUT2D eigenvalue weighted by Crippen LogP contribution is -2.45. The third-order valence-electron chi connectivity index (χ3n) is 3.77. The summed E-state index contributed by atoms with van der Waals surface area (Å²) >= 11 is 0. The Morgan fingerprint density at radius 2 is 1.85 bits per heavy atom. The van der Waals surface area contributed by atoms with Gasteiger partial charge in [-0.3, -0.25) is 9.59 Å². The Morgan fingerprint density at radius 3 is 2.35 bits per heavy atom. The predicted molar refractivity (Wildman–Crippen MR) is 105 cm³/mol. The molecule has 1 aromatic rings. The summed E-state index contributed by atoms with van der Waals surface area (Å²) in [6.07, 6.45) is 4.42. The van der Waals surface area contributed by atoms with Crippen molar-refractivity contribution in [2.45, 2.75) is 52.6 Å². The number of benzene rings is 1. The van der Waals surface area contributed by atoms with E-state index in [2.05, 4.69) is 31.4 Å². The quantitative estimate of drug-likeness (QED) is 0.621. The zero-order valence-electron chi connectivity index (χ0n) is 16.3. The van der Waals surface area contributed by atoms with Crippen molar-refractivity contribution in [1.29, 1.82) is 0 Å². The summed E-state index contributed by atoms with van der Waals surface area (Å²) in [6, 6.07) is 6.27. The minimum absolute atomic E-state index is 0.00887. The molecular formula is C20H31N3O3. The molecule has 6 heteroatoms. The van der Waals surface area contributed by atoms with Crippen molar-refractivity contribution in [3.8, 4) is 5.75 Å². The van der Waals surface area contributed by atoms with Gasteiger partial charge in [0.05, 0.1) is 13.2 Å². The Labute approximate surface area is 156 Å². The van der Waals surface area contributed by atoms with E-state index in [-0.39, 0.29) is 23.3 Å². The van der Waals surface area contributed by atoms with E-state index in [0.717, 1.165) is 5.75 Å². The Hall–Kier alpha value is -2.34. The van der Waals surface area contributed by atoms with E-state index in [1.807, 2.05) is 6.92 Å². The van der Waals surface area contributed by atoms with Crippen LogP contribution in [0.4, 0.5) is 5.69 Å². The number of methoxy groups -OCH3 is 1. The van der Waals surface area contributed by atoms with Crippen LogP contribution in [0.25, 0.3) is 0 Å². The van der Waals surface area contributed by atoms with Gasteiger partial charge < -0.3 is 21.1 Å². The van der Waals surface area contributed by atoms with Gasteiger partial charge in [-0.1, -0.05) is 33.8 Å². The highest BCUT2D eigenvalue weighted by Gasteiger charge is 2.20. The lowest BCUT2D eigenvalue weighted by atomic mass is 9.87. The van der Waals surface area contributed by atoms with Crippen molar-refractivity contribution < 1.29 is 14.3 Å². The number of amides is 2. The molecule has 0 saturated heterocycles. The Morgan fingerprint density at radius 1 is 1.23 bits per heavy atom. The van der Waals surface area contributed by atoms with Crippen molar-refractivity contribution in [1.82, 2.24) is 5.32 Å². The van der Waals surface area contributed by atoms with Gasteiger partial charge in [-0.15, -0.1) is 0 Å². The zero-order chi connectivity index (χ0) is 19.7. The molecule has 2 atom stereocenters. The third kappa shape index (κ3) is 8.16. The van der Waals surface area contributed by atoms with Gasteiger partial charge in [-0.05, 0) is 42.5 Å². The number of nitrogens with two attached hydrogens (primary N) is 1. The van der Waals surface area contributed by atoms with Gasteiger partial charge in [-0.25, -0.2) is 0 Å². The normalized spacial score (nSPS) is 13.9. The molecule has 0 aliphatic carbocycles. The monoisotopic (exact) mass is 361 g/mol. The van der Waals surface area contributed by atoms with Gasteiger partial charge in [-0.2, -0.15) is 0 Å². The fraction of sp³-hybridized carbons (Fsp3) is 0.500. The fourth-order valence-electron chi connectivity index (χ4n) is 2.36. The number of hydrogen-bond donors (Lipinski definition) is 3. The highest BCUT2D eigenvalue weighted by Crippen LogP contribution is 2.21. The molecule has 4 N–H and O–H groups in total. The number of nitrogens with one attached hydrogen (secondary N) is 2. The number of rotatable bonds is 8. The van der Waals surface area contributed by atoms with Crippen LogP contribution in [0, 0.1) is 5.41 Å². The first-order valence-electron chi connectivity index (χ1n) is 8.84. The summed E-state index contributed by atoms with van der Waals surface area (Å²) in [4.78, 5) is 24.2. The van der Waals surface area contributed by atoms with Gasteiger partial charge in [0.2, 0.25) is 11.8 Å². The van der Waals surface area contributed by atoms with Gasteiger partial charge in [0.25, 0.3) is 0 Å². The average molecular weight is 361 g/mol. The van der Waals surface area contributed by atoms with E-state index in [9.17, 15) is 9.59 Å². The molecule has 1 rings (SSSR count). The molecule has 1 aromatic carbocycles. The Balaban J connectivity index is 2.74. The molecule has 0 spiro atoms. The minimum Gasteiger partial charge on any atom is -0.497 e. The first kappa shape index (κ1) is 21.7. The largest absolute Gasteiger partial charge is 0.497 e. The highest BCUT2D eigenvalue weighted by molar-refractivity contribution is 5.99. The smallest absolute Gasteiger partial charge is 0.248 e. The maximum atomic E-state index is 12.1. The SMILES string of the molecule is CCC(N)C(=O)NC(C=CC(=O)Nc1ccc(OC)cc1)CC(C)(C)C. The van der Waals surface area contributed by atoms with Gasteiger partial charge in [0.1, 0.15) is 5.75 Å².